The number of aromatic nitrogens is 3. The number of methoxy groups -OCH3 is 1. The maximum Gasteiger partial charge on any atom is 0.245 e. The second-order valence-electron chi connectivity index (χ2n) is 11.7. The fraction of sp³-hybridized carbons (Fsp3) is 0.353. The lowest BCUT2D eigenvalue weighted by Gasteiger charge is -2.38. The molecule has 2 N–H and O–H groups in total. The number of nitrogens with one attached hydrogen (secondary N) is 2. The van der Waals surface area contributed by atoms with E-state index >= 15 is 4.39 Å². The first-order chi connectivity index (χ1) is 22.3. The van der Waals surface area contributed by atoms with Crippen molar-refractivity contribution < 1.29 is 18.7 Å². The van der Waals surface area contributed by atoms with Crippen LogP contribution in [0.4, 0.5) is 27.4 Å². The number of amides is 1. The van der Waals surface area contributed by atoms with Gasteiger partial charge in [0.1, 0.15) is 41.0 Å². The van der Waals surface area contributed by atoms with E-state index in [4.69, 9.17) is 9.47 Å². The average Bonchev–Trinajstić information content (AvgIpc) is 3.07. The molecule has 0 saturated carbocycles. The van der Waals surface area contributed by atoms with Crippen LogP contribution in [0, 0.1) is 5.82 Å². The molecule has 6 rings (SSSR count). The maximum atomic E-state index is 15.4. The number of likely N-dealkylation sites (tertiary alicyclic amines) is 1. The van der Waals surface area contributed by atoms with Gasteiger partial charge in [0.15, 0.2) is 0 Å². The highest BCUT2D eigenvalue weighted by Gasteiger charge is 2.24. The van der Waals surface area contributed by atoms with Crippen molar-refractivity contribution in [2.45, 2.75) is 31.8 Å². The highest BCUT2D eigenvalue weighted by Crippen LogP contribution is 2.35. The SMILES string of the molecule is C=CC(=O)N1CCC(Nc2cc3c(Nc4ccc(Oc5ccnc(N6CCN(C)[C@@H](C)C6)c5)cc4F)ncnc3cc2OC)CC1. The van der Waals surface area contributed by atoms with Crippen LogP contribution in [0.3, 0.4) is 0 Å². The summed E-state index contributed by atoms with van der Waals surface area (Å²) in [7, 11) is 3.74. The van der Waals surface area contributed by atoms with Gasteiger partial charge in [-0.3, -0.25) is 4.79 Å². The van der Waals surface area contributed by atoms with E-state index in [2.05, 4.69) is 55.9 Å². The lowest BCUT2D eigenvalue weighted by molar-refractivity contribution is -0.126. The smallest absolute Gasteiger partial charge is 0.245 e. The van der Waals surface area contributed by atoms with Gasteiger partial charge in [0, 0.05) is 74.6 Å². The molecule has 0 spiro atoms. The number of fused-ring (bicyclic) bond motifs is 1. The number of carbonyl (C=O) groups excluding carboxylic acids is 1. The third-order valence-electron chi connectivity index (χ3n) is 8.73. The molecular formula is C34H39FN8O3. The van der Waals surface area contributed by atoms with E-state index in [1.807, 2.05) is 18.2 Å². The second kappa shape index (κ2) is 13.6. The van der Waals surface area contributed by atoms with E-state index in [0.29, 0.717) is 53.1 Å². The summed E-state index contributed by atoms with van der Waals surface area (Å²) in [5.41, 5.74) is 1.67. The molecule has 1 amide bonds. The van der Waals surface area contributed by atoms with Crippen molar-refractivity contribution in [1.29, 1.82) is 0 Å². The molecule has 2 aromatic carbocycles. The Hall–Kier alpha value is -4.97. The molecule has 2 fully saturated rings. The minimum atomic E-state index is -0.487. The van der Waals surface area contributed by atoms with E-state index in [-0.39, 0.29) is 17.6 Å². The molecule has 46 heavy (non-hydrogen) atoms. The number of carbonyl (C=O) groups is 1. The first kappa shape index (κ1) is 31.0. The molecule has 11 nitrogen and oxygen atoms in total. The van der Waals surface area contributed by atoms with Crippen molar-refractivity contribution in [1.82, 2.24) is 24.8 Å². The molecule has 2 aliphatic heterocycles. The molecule has 2 aliphatic rings. The van der Waals surface area contributed by atoms with Gasteiger partial charge >= 0.3 is 0 Å². The van der Waals surface area contributed by atoms with Gasteiger partial charge in [-0.05, 0) is 57.2 Å². The number of anilines is 4. The minimum absolute atomic E-state index is 0.0520. The van der Waals surface area contributed by atoms with Gasteiger partial charge in [0.25, 0.3) is 0 Å². The quantitative estimate of drug-likeness (QED) is 0.233. The highest BCUT2D eigenvalue weighted by atomic mass is 19.1. The topological polar surface area (TPSA) is 108 Å². The summed E-state index contributed by atoms with van der Waals surface area (Å²) in [4.78, 5) is 31.7. The average molecular weight is 627 g/mol. The first-order valence-corrected chi connectivity index (χ1v) is 15.5. The maximum absolute atomic E-state index is 15.4. The number of pyridine rings is 1. The molecule has 0 unspecified atom stereocenters. The van der Waals surface area contributed by atoms with E-state index < -0.39 is 5.82 Å². The predicted molar refractivity (Wildman–Crippen MR) is 178 cm³/mol. The largest absolute Gasteiger partial charge is 0.495 e. The van der Waals surface area contributed by atoms with Crippen LogP contribution >= 0.6 is 0 Å². The van der Waals surface area contributed by atoms with E-state index in [9.17, 15) is 4.79 Å². The zero-order chi connectivity index (χ0) is 32.2. The Morgan fingerprint density at radius 3 is 2.57 bits per heavy atom. The molecule has 2 aromatic heterocycles. The summed E-state index contributed by atoms with van der Waals surface area (Å²) in [6.07, 6.45) is 6.07. The molecule has 4 heterocycles. The summed E-state index contributed by atoms with van der Waals surface area (Å²) in [6.45, 7) is 9.79. The summed E-state index contributed by atoms with van der Waals surface area (Å²) in [6, 6.07) is 12.7. The number of hydrogen-bond donors (Lipinski definition) is 2. The van der Waals surface area contributed by atoms with Crippen LogP contribution in [0.15, 0.2) is 67.6 Å². The predicted octanol–water partition coefficient (Wildman–Crippen LogP) is 5.44. The number of ether oxygens (including phenoxy) is 2. The number of halogens is 1. The van der Waals surface area contributed by atoms with Gasteiger partial charge < -0.3 is 34.8 Å². The third-order valence-corrected chi connectivity index (χ3v) is 8.73. The van der Waals surface area contributed by atoms with Crippen molar-refractivity contribution in [2.75, 3.05) is 62.4 Å². The van der Waals surface area contributed by atoms with Crippen molar-refractivity contribution in [3.05, 3.63) is 73.5 Å². The number of nitrogens with zero attached hydrogens (tertiary/aromatic N) is 6. The lowest BCUT2D eigenvalue weighted by Crippen LogP contribution is -2.50. The Bertz CT molecular complexity index is 1730. The van der Waals surface area contributed by atoms with E-state index in [0.717, 1.165) is 44.0 Å². The van der Waals surface area contributed by atoms with Crippen LogP contribution in [0.25, 0.3) is 10.9 Å². The number of hydrogen-bond acceptors (Lipinski definition) is 10. The van der Waals surface area contributed by atoms with Crippen LogP contribution < -0.4 is 25.0 Å². The van der Waals surface area contributed by atoms with Crippen molar-refractivity contribution in [3.63, 3.8) is 0 Å². The zero-order valence-corrected chi connectivity index (χ0v) is 26.4. The molecule has 240 valence electrons. The lowest BCUT2D eigenvalue weighted by atomic mass is 10.0. The molecule has 12 heteroatoms. The Labute approximate surface area is 268 Å². The molecule has 0 bridgehead atoms. The standard InChI is InChI=1S/C34H39FN8O3/c1-5-33(44)42-12-9-23(10-13-42)39-30-18-26-29(19-31(30)45-4)37-21-38-34(26)40-28-7-6-24(16-27(28)35)46-25-8-11-36-32(17-25)43-15-14-41(3)22(2)20-43/h5-8,11,16-19,21-23,39H,1,9-10,12-15,20H2,2-4H3,(H,37,38,40)/t22-/m0/s1. The second-order valence-corrected chi connectivity index (χ2v) is 11.7. The van der Waals surface area contributed by atoms with Crippen LogP contribution in [0.2, 0.25) is 0 Å². The molecule has 0 aliphatic carbocycles. The normalized spacial score (nSPS) is 17.5. The number of benzene rings is 2. The highest BCUT2D eigenvalue weighted by molar-refractivity contribution is 5.95. The van der Waals surface area contributed by atoms with Crippen LogP contribution in [-0.2, 0) is 4.79 Å². The number of piperazine rings is 1. The first-order valence-electron chi connectivity index (χ1n) is 15.5. The van der Waals surface area contributed by atoms with E-state index in [1.165, 1.54) is 18.5 Å². The molecule has 2 saturated heterocycles. The summed E-state index contributed by atoms with van der Waals surface area (Å²) < 4.78 is 27.1. The number of likely N-dealkylation sites (N-methyl/N-ethyl adjacent to an activating group) is 1. The fourth-order valence-corrected chi connectivity index (χ4v) is 5.88. The van der Waals surface area contributed by atoms with Gasteiger partial charge in [-0.1, -0.05) is 6.58 Å². The minimum Gasteiger partial charge on any atom is -0.495 e. The van der Waals surface area contributed by atoms with Gasteiger partial charge in [0.05, 0.1) is 24.0 Å². The molecule has 4 aromatic rings. The molecule has 0 radical (unpaired) electrons. The van der Waals surface area contributed by atoms with Crippen LogP contribution in [-0.4, -0.2) is 89.6 Å². The Morgan fingerprint density at radius 1 is 1.02 bits per heavy atom. The van der Waals surface area contributed by atoms with Gasteiger partial charge in [-0.25, -0.2) is 19.3 Å². The van der Waals surface area contributed by atoms with Gasteiger partial charge in [-0.2, -0.15) is 0 Å². The summed E-state index contributed by atoms with van der Waals surface area (Å²) in [5.74, 6) is 2.35. The van der Waals surface area contributed by atoms with Gasteiger partial charge in [0.2, 0.25) is 5.91 Å². The Kier molecular flexibility index (Phi) is 9.16. The van der Waals surface area contributed by atoms with Crippen molar-refractivity contribution in [2.24, 2.45) is 0 Å². The van der Waals surface area contributed by atoms with E-state index in [1.54, 1.807) is 36.4 Å². The van der Waals surface area contributed by atoms with Crippen LogP contribution in [0.5, 0.6) is 17.2 Å². The molecular weight excluding hydrogens is 587 g/mol. The number of rotatable bonds is 9. The van der Waals surface area contributed by atoms with Crippen LogP contribution in [0.1, 0.15) is 19.8 Å². The van der Waals surface area contributed by atoms with Gasteiger partial charge in [-0.15, -0.1) is 0 Å². The summed E-state index contributed by atoms with van der Waals surface area (Å²) >= 11 is 0. The monoisotopic (exact) mass is 626 g/mol. The zero-order valence-electron chi connectivity index (χ0n) is 26.4. The Morgan fingerprint density at radius 2 is 1.83 bits per heavy atom. The summed E-state index contributed by atoms with van der Waals surface area (Å²) in [5, 5.41) is 7.40. The van der Waals surface area contributed by atoms with Crippen molar-refractivity contribution >= 4 is 39.8 Å². The molecule has 1 atom stereocenters. The third kappa shape index (κ3) is 6.81. The van der Waals surface area contributed by atoms with Crippen molar-refractivity contribution in [3.8, 4) is 17.2 Å². The number of piperidine rings is 1. The Balaban J connectivity index is 1.17. The fourth-order valence-electron chi connectivity index (χ4n) is 5.88.